The summed E-state index contributed by atoms with van der Waals surface area (Å²) < 4.78 is 7.63. The molecule has 0 fully saturated rings. The second-order valence-electron chi connectivity index (χ2n) is 20.3. The molecule has 1 aliphatic heterocycles. The third-order valence-corrected chi connectivity index (χ3v) is 11.8. The highest BCUT2D eigenvalue weighted by atomic mass is 16.6. The molecule has 0 saturated carbocycles. The zero-order valence-corrected chi connectivity index (χ0v) is 38.2. The molecule has 2 heterocycles. The van der Waals surface area contributed by atoms with Crippen LogP contribution in [0.1, 0.15) is 160 Å². The third kappa shape index (κ3) is 9.00. The van der Waals surface area contributed by atoms with E-state index in [1.54, 1.807) is 6.07 Å². The van der Waals surface area contributed by atoms with Gasteiger partial charge < -0.3 is 14.2 Å². The van der Waals surface area contributed by atoms with E-state index in [2.05, 4.69) is 152 Å². The second-order valence-corrected chi connectivity index (χ2v) is 20.3. The van der Waals surface area contributed by atoms with Crippen molar-refractivity contribution in [2.24, 2.45) is 10.8 Å². The van der Waals surface area contributed by atoms with Crippen LogP contribution in [0.4, 0.5) is 17.1 Å². The van der Waals surface area contributed by atoms with Gasteiger partial charge in [0.15, 0.2) is 0 Å². The Morgan fingerprint density at radius 3 is 1.59 bits per heavy atom. The Bertz CT molecular complexity index is 2400. The van der Waals surface area contributed by atoms with Crippen molar-refractivity contribution in [3.63, 3.8) is 0 Å². The largest absolute Gasteiger partial charge is 0.386 e. The van der Waals surface area contributed by atoms with Crippen molar-refractivity contribution in [1.29, 1.82) is 0 Å². The standard InChI is InChI=1S/C52H62N2O3.C2H6/c1-12-13-14-15-29-53-43-30-38(27-28-39(43)46-40-17-16-18-41-45(40)42(31-44(46)53)48(56)57-47(41)55)54(36-23-19-34(20-24-36)51(8,9)32-49(2,3)4)37-25-21-35(22-26-37)52(10,11)33-50(5,6)7;1-2/h16-28,30-31H,12-15,29,32-33H2,1-11H3;1-2H3. The van der Waals surface area contributed by atoms with Gasteiger partial charge in [0.05, 0.1) is 22.2 Å². The van der Waals surface area contributed by atoms with Crippen LogP contribution < -0.4 is 4.90 Å². The number of carbonyl (C=O) groups excluding carboxylic acids is 2. The molecule has 0 bridgehead atoms. The Morgan fingerprint density at radius 2 is 1.07 bits per heavy atom. The Kier molecular flexibility index (Phi) is 12.3. The van der Waals surface area contributed by atoms with Gasteiger partial charge >= 0.3 is 11.9 Å². The highest BCUT2D eigenvalue weighted by Crippen LogP contribution is 2.45. The van der Waals surface area contributed by atoms with Crippen molar-refractivity contribution < 1.29 is 14.3 Å². The summed E-state index contributed by atoms with van der Waals surface area (Å²) in [5.74, 6) is -1.16. The minimum atomic E-state index is -0.584. The smallest absolute Gasteiger partial charge is 0.346 e. The Balaban J connectivity index is 0.00000288. The average Bonchev–Trinajstić information content (AvgIpc) is 3.47. The van der Waals surface area contributed by atoms with Crippen molar-refractivity contribution in [1.82, 2.24) is 4.57 Å². The van der Waals surface area contributed by atoms with Gasteiger partial charge in [0, 0.05) is 39.8 Å². The van der Waals surface area contributed by atoms with Gasteiger partial charge in [0.2, 0.25) is 0 Å². The third-order valence-electron chi connectivity index (χ3n) is 11.8. The lowest BCUT2D eigenvalue weighted by Gasteiger charge is -2.34. The zero-order valence-electron chi connectivity index (χ0n) is 38.2. The maximum atomic E-state index is 13.3. The van der Waals surface area contributed by atoms with Crippen LogP contribution in [0.2, 0.25) is 0 Å². The molecule has 0 saturated heterocycles. The van der Waals surface area contributed by atoms with Crippen molar-refractivity contribution in [2.45, 2.75) is 146 Å². The molecule has 1 aliphatic rings. The lowest BCUT2D eigenvalue weighted by molar-refractivity contribution is 0.0391. The summed E-state index contributed by atoms with van der Waals surface area (Å²) in [6, 6.07) is 32.8. The number of esters is 2. The molecule has 5 heteroatoms. The van der Waals surface area contributed by atoms with Gasteiger partial charge in [-0.25, -0.2) is 9.59 Å². The first-order valence-corrected chi connectivity index (χ1v) is 22.1. The molecule has 0 aliphatic carbocycles. The predicted octanol–water partition coefficient (Wildman–Crippen LogP) is 15.8. The lowest BCUT2D eigenvalue weighted by Crippen LogP contribution is -2.25. The summed E-state index contributed by atoms with van der Waals surface area (Å²) in [6.45, 7) is 30.4. The molecule has 6 aromatic rings. The first-order chi connectivity index (χ1) is 27.8. The van der Waals surface area contributed by atoms with Crippen LogP contribution in [0.5, 0.6) is 0 Å². The number of ether oxygens (including phenoxy) is 1. The molecule has 1 aromatic heterocycles. The van der Waals surface area contributed by atoms with Crippen molar-refractivity contribution in [3.05, 3.63) is 113 Å². The number of hydrogen-bond donors (Lipinski definition) is 0. The van der Waals surface area contributed by atoms with E-state index in [0.717, 1.165) is 82.9 Å². The molecule has 5 aromatic carbocycles. The van der Waals surface area contributed by atoms with E-state index >= 15 is 0 Å². The van der Waals surface area contributed by atoms with Crippen molar-refractivity contribution in [2.75, 3.05) is 4.90 Å². The second kappa shape index (κ2) is 16.6. The van der Waals surface area contributed by atoms with Gasteiger partial charge in [-0.05, 0) is 106 Å². The van der Waals surface area contributed by atoms with Crippen LogP contribution >= 0.6 is 0 Å². The topological polar surface area (TPSA) is 51.5 Å². The van der Waals surface area contributed by atoms with Gasteiger partial charge in [-0.3, -0.25) is 0 Å². The molecular formula is C54H68N2O3. The van der Waals surface area contributed by atoms with E-state index in [-0.39, 0.29) is 21.7 Å². The quantitative estimate of drug-likeness (QED) is 0.0703. The summed E-state index contributed by atoms with van der Waals surface area (Å²) in [7, 11) is 0. The molecule has 0 amide bonds. The van der Waals surface area contributed by atoms with E-state index in [9.17, 15) is 9.59 Å². The highest BCUT2D eigenvalue weighted by molar-refractivity contribution is 6.30. The molecule has 0 N–H and O–H groups in total. The zero-order chi connectivity index (χ0) is 43.1. The maximum Gasteiger partial charge on any atom is 0.346 e. The number of aryl methyl sites for hydroxylation is 1. The van der Waals surface area contributed by atoms with Crippen LogP contribution in [-0.4, -0.2) is 16.5 Å². The minimum absolute atomic E-state index is 0.0273. The average molecular weight is 793 g/mol. The van der Waals surface area contributed by atoms with Crippen molar-refractivity contribution in [3.8, 4) is 0 Å². The van der Waals surface area contributed by atoms with Gasteiger partial charge in [-0.1, -0.05) is 152 Å². The van der Waals surface area contributed by atoms with E-state index < -0.39 is 11.9 Å². The number of fused-ring (bicyclic) bond motifs is 4. The van der Waals surface area contributed by atoms with Crippen LogP contribution in [0.25, 0.3) is 32.6 Å². The van der Waals surface area contributed by atoms with Gasteiger partial charge in [0.1, 0.15) is 0 Å². The Labute approximate surface area is 354 Å². The number of rotatable bonds is 12. The number of hydrogen-bond acceptors (Lipinski definition) is 4. The van der Waals surface area contributed by atoms with Crippen LogP contribution in [0.15, 0.2) is 91.0 Å². The van der Waals surface area contributed by atoms with Crippen LogP contribution in [-0.2, 0) is 22.1 Å². The van der Waals surface area contributed by atoms with Crippen molar-refractivity contribution >= 4 is 61.6 Å². The number of anilines is 3. The van der Waals surface area contributed by atoms with Gasteiger partial charge in [-0.15, -0.1) is 0 Å². The number of benzene rings is 5. The lowest BCUT2D eigenvalue weighted by atomic mass is 9.72. The fourth-order valence-electron chi connectivity index (χ4n) is 10.1. The predicted molar refractivity (Wildman–Crippen MR) is 251 cm³/mol. The monoisotopic (exact) mass is 793 g/mol. The summed E-state index contributed by atoms with van der Waals surface area (Å²) in [6.07, 6.45) is 6.64. The molecule has 0 unspecified atom stereocenters. The molecule has 312 valence electrons. The summed E-state index contributed by atoms with van der Waals surface area (Å²) in [5, 5.41) is 3.77. The minimum Gasteiger partial charge on any atom is -0.386 e. The Morgan fingerprint density at radius 1 is 0.542 bits per heavy atom. The van der Waals surface area contributed by atoms with E-state index in [0.29, 0.717) is 16.5 Å². The SMILES string of the molecule is CC.CCCCCCn1c2cc(N(c3ccc(C(C)(C)CC(C)(C)C)cc3)c3ccc(C(C)(C)CC(C)(C)C)cc3)ccc2c2c3cccc4c3c(cc21)C(=O)OC4=O. The maximum absolute atomic E-state index is 13.3. The van der Waals surface area contributed by atoms with Gasteiger partial charge in [0.25, 0.3) is 0 Å². The van der Waals surface area contributed by atoms with E-state index in [4.69, 9.17) is 4.74 Å². The van der Waals surface area contributed by atoms with Crippen LogP contribution in [0, 0.1) is 10.8 Å². The number of cyclic esters (lactones) is 2. The van der Waals surface area contributed by atoms with Gasteiger partial charge in [-0.2, -0.15) is 0 Å². The molecule has 7 rings (SSSR count). The Hall–Kier alpha value is -4.90. The summed E-state index contributed by atoms with van der Waals surface area (Å²) in [5.41, 5.74) is 9.40. The first kappa shape index (κ1) is 43.7. The number of carbonyl (C=O) groups is 2. The molecule has 0 radical (unpaired) electrons. The molecule has 0 atom stereocenters. The number of aromatic nitrogens is 1. The molecular weight excluding hydrogens is 725 g/mol. The first-order valence-electron chi connectivity index (χ1n) is 22.1. The van der Waals surface area contributed by atoms with E-state index in [1.807, 2.05) is 32.0 Å². The fraction of sp³-hybridized carbons (Fsp3) is 0.444. The van der Waals surface area contributed by atoms with E-state index in [1.165, 1.54) is 17.5 Å². The molecule has 59 heavy (non-hydrogen) atoms. The van der Waals surface area contributed by atoms with Crippen LogP contribution in [0.3, 0.4) is 0 Å². The summed E-state index contributed by atoms with van der Waals surface area (Å²) >= 11 is 0. The molecule has 5 nitrogen and oxygen atoms in total. The normalized spacial score (nSPS) is 13.5. The number of nitrogens with zero attached hydrogens (tertiary/aromatic N) is 2. The summed E-state index contributed by atoms with van der Waals surface area (Å²) in [4.78, 5) is 28.5. The fourth-order valence-corrected chi connectivity index (χ4v) is 10.1. The highest BCUT2D eigenvalue weighted by Gasteiger charge is 2.32. The number of unbranched alkanes of at least 4 members (excludes halogenated alkanes) is 3. The molecule has 0 spiro atoms.